The largest absolute Gasteiger partial charge is 0.465 e. The van der Waals surface area contributed by atoms with Crippen LogP contribution in [0.2, 0.25) is 5.15 Å². The number of carbonyl (C=O) groups is 1. The molecular weight excluding hydrogens is 284 g/mol. The molecule has 0 aliphatic heterocycles. The van der Waals surface area contributed by atoms with Crippen molar-refractivity contribution in [2.75, 3.05) is 7.11 Å². The molecular formula is C8H7ClN4O2S2. The highest BCUT2D eigenvalue weighted by Gasteiger charge is 2.18. The van der Waals surface area contributed by atoms with E-state index in [1.165, 1.54) is 25.2 Å². The zero-order valence-corrected chi connectivity index (χ0v) is 11.3. The molecule has 0 aromatic carbocycles. The number of hydrogen-bond acceptors (Lipinski definition) is 7. The molecule has 90 valence electrons. The van der Waals surface area contributed by atoms with E-state index in [-0.39, 0.29) is 5.15 Å². The molecule has 9 heteroatoms. The van der Waals surface area contributed by atoms with Crippen molar-refractivity contribution in [2.24, 2.45) is 7.05 Å². The average molecular weight is 291 g/mol. The summed E-state index contributed by atoms with van der Waals surface area (Å²) in [4.78, 5) is 19.7. The van der Waals surface area contributed by atoms with Crippen molar-refractivity contribution in [3.8, 4) is 0 Å². The van der Waals surface area contributed by atoms with Gasteiger partial charge in [0.25, 0.3) is 0 Å². The van der Waals surface area contributed by atoms with Crippen LogP contribution in [0.4, 0.5) is 0 Å². The third kappa shape index (κ3) is 2.59. The van der Waals surface area contributed by atoms with Crippen LogP contribution in [0, 0.1) is 0 Å². The van der Waals surface area contributed by atoms with Gasteiger partial charge < -0.3 is 4.74 Å². The molecule has 6 nitrogen and oxygen atoms in total. The Labute approximate surface area is 110 Å². The van der Waals surface area contributed by atoms with E-state index in [0.29, 0.717) is 14.4 Å². The van der Waals surface area contributed by atoms with Crippen LogP contribution in [0.1, 0.15) is 9.67 Å². The highest BCUT2D eigenvalue weighted by atomic mass is 35.5. The highest BCUT2D eigenvalue weighted by Crippen LogP contribution is 2.33. The first kappa shape index (κ1) is 12.3. The van der Waals surface area contributed by atoms with Crippen LogP contribution >= 0.6 is 34.7 Å². The van der Waals surface area contributed by atoms with Gasteiger partial charge in [0.1, 0.15) is 6.33 Å². The number of carbonyl (C=O) groups excluding carboxylic acids is 1. The lowest BCUT2D eigenvalue weighted by molar-refractivity contribution is 0.0606. The number of thiazole rings is 1. The first-order valence-corrected chi connectivity index (χ1v) is 6.39. The van der Waals surface area contributed by atoms with E-state index in [1.807, 2.05) is 0 Å². The molecule has 0 fully saturated rings. The van der Waals surface area contributed by atoms with Crippen molar-refractivity contribution in [1.29, 1.82) is 0 Å². The second kappa shape index (κ2) is 5.03. The standard InChI is InChI=1S/C8H7ClN4O2S2/c1-13-7(10-3-11-13)17-8-12-5(9)4(16-8)6(14)15-2/h3H,1-2H3. The molecule has 2 aromatic heterocycles. The summed E-state index contributed by atoms with van der Waals surface area (Å²) in [6.07, 6.45) is 1.44. The van der Waals surface area contributed by atoms with E-state index >= 15 is 0 Å². The number of ether oxygens (including phenoxy) is 1. The van der Waals surface area contributed by atoms with Gasteiger partial charge >= 0.3 is 5.97 Å². The fourth-order valence-corrected chi connectivity index (χ4v) is 3.20. The Morgan fingerprint density at radius 1 is 1.65 bits per heavy atom. The fourth-order valence-electron chi connectivity index (χ4n) is 1.00. The van der Waals surface area contributed by atoms with Crippen LogP contribution in [0.5, 0.6) is 0 Å². The summed E-state index contributed by atoms with van der Waals surface area (Å²) in [6.45, 7) is 0. The molecule has 0 saturated heterocycles. The van der Waals surface area contributed by atoms with E-state index in [2.05, 4.69) is 19.8 Å². The maximum absolute atomic E-state index is 11.3. The van der Waals surface area contributed by atoms with Crippen LogP contribution in [0.25, 0.3) is 0 Å². The Balaban J connectivity index is 2.24. The molecule has 0 spiro atoms. The molecule has 0 amide bonds. The number of hydrogen-bond donors (Lipinski definition) is 0. The second-order valence-electron chi connectivity index (χ2n) is 2.86. The summed E-state index contributed by atoms with van der Waals surface area (Å²) in [5.74, 6) is -0.489. The summed E-state index contributed by atoms with van der Waals surface area (Å²) >= 11 is 8.29. The predicted octanol–water partition coefficient (Wildman–Crippen LogP) is 1.86. The van der Waals surface area contributed by atoms with Gasteiger partial charge in [-0.3, -0.25) is 0 Å². The zero-order chi connectivity index (χ0) is 12.4. The number of aromatic nitrogens is 4. The lowest BCUT2D eigenvalue weighted by Crippen LogP contribution is -1.98. The molecule has 0 saturated carbocycles. The second-order valence-corrected chi connectivity index (χ2v) is 5.43. The normalized spacial score (nSPS) is 10.5. The minimum absolute atomic E-state index is 0.145. The minimum Gasteiger partial charge on any atom is -0.465 e. The van der Waals surface area contributed by atoms with Crippen LogP contribution in [0.15, 0.2) is 15.8 Å². The third-order valence-corrected chi connectivity index (χ3v) is 4.32. The number of aryl methyl sites for hydroxylation is 1. The predicted molar refractivity (Wildman–Crippen MR) is 63.6 cm³/mol. The maximum atomic E-state index is 11.3. The van der Waals surface area contributed by atoms with E-state index in [4.69, 9.17) is 11.6 Å². The Hall–Kier alpha value is -1.12. The summed E-state index contributed by atoms with van der Waals surface area (Å²) < 4.78 is 6.82. The fraction of sp³-hybridized carbons (Fsp3) is 0.250. The summed E-state index contributed by atoms with van der Waals surface area (Å²) in [5.41, 5.74) is 0. The Morgan fingerprint density at radius 3 is 3.00 bits per heavy atom. The number of rotatable bonds is 3. The Bertz CT molecular complexity index is 553. The Morgan fingerprint density at radius 2 is 2.41 bits per heavy atom. The van der Waals surface area contributed by atoms with Gasteiger partial charge in [0.15, 0.2) is 19.5 Å². The first-order valence-electron chi connectivity index (χ1n) is 4.38. The highest BCUT2D eigenvalue weighted by molar-refractivity contribution is 8.00. The van der Waals surface area contributed by atoms with E-state index in [9.17, 15) is 4.79 Å². The van der Waals surface area contributed by atoms with Crippen LogP contribution in [-0.4, -0.2) is 32.8 Å². The molecule has 2 aromatic rings. The smallest absolute Gasteiger partial charge is 0.351 e. The molecule has 0 unspecified atom stereocenters. The van der Waals surface area contributed by atoms with E-state index in [1.54, 1.807) is 11.7 Å². The molecule has 0 aliphatic carbocycles. The van der Waals surface area contributed by atoms with Gasteiger partial charge in [-0.2, -0.15) is 5.10 Å². The molecule has 0 aliphatic rings. The van der Waals surface area contributed by atoms with Gasteiger partial charge in [-0.15, -0.1) is 0 Å². The number of nitrogens with zero attached hydrogens (tertiary/aromatic N) is 4. The zero-order valence-electron chi connectivity index (χ0n) is 8.88. The monoisotopic (exact) mass is 290 g/mol. The van der Waals surface area contributed by atoms with Gasteiger partial charge in [0, 0.05) is 7.05 Å². The SMILES string of the molecule is COC(=O)c1sc(Sc2ncnn2C)nc1Cl. The first-order chi connectivity index (χ1) is 8.11. The quantitative estimate of drug-likeness (QED) is 0.804. The molecule has 0 N–H and O–H groups in total. The van der Waals surface area contributed by atoms with Crippen molar-refractivity contribution in [3.63, 3.8) is 0 Å². The molecule has 17 heavy (non-hydrogen) atoms. The van der Waals surface area contributed by atoms with Crippen molar-refractivity contribution < 1.29 is 9.53 Å². The lowest BCUT2D eigenvalue weighted by atomic mass is 10.6. The van der Waals surface area contributed by atoms with Gasteiger partial charge in [-0.25, -0.2) is 19.4 Å². The molecule has 2 heterocycles. The van der Waals surface area contributed by atoms with E-state index < -0.39 is 5.97 Å². The summed E-state index contributed by atoms with van der Waals surface area (Å²) in [7, 11) is 3.07. The Kier molecular flexibility index (Phi) is 3.65. The van der Waals surface area contributed by atoms with Crippen molar-refractivity contribution in [3.05, 3.63) is 16.4 Å². The molecule has 0 radical (unpaired) electrons. The van der Waals surface area contributed by atoms with Crippen molar-refractivity contribution in [1.82, 2.24) is 19.7 Å². The third-order valence-electron chi connectivity index (χ3n) is 1.79. The number of halogens is 1. The molecule has 0 bridgehead atoms. The summed E-state index contributed by atoms with van der Waals surface area (Å²) in [5, 5.41) is 4.75. The topological polar surface area (TPSA) is 69.9 Å². The van der Waals surface area contributed by atoms with Crippen molar-refractivity contribution >= 4 is 40.7 Å². The molecule has 2 rings (SSSR count). The van der Waals surface area contributed by atoms with E-state index in [0.717, 1.165) is 11.3 Å². The number of methoxy groups -OCH3 is 1. The van der Waals surface area contributed by atoms with Crippen LogP contribution in [-0.2, 0) is 11.8 Å². The minimum atomic E-state index is -0.489. The number of esters is 1. The van der Waals surface area contributed by atoms with Gasteiger partial charge in [-0.1, -0.05) is 22.9 Å². The van der Waals surface area contributed by atoms with Gasteiger partial charge in [0.2, 0.25) is 0 Å². The van der Waals surface area contributed by atoms with Gasteiger partial charge in [0.05, 0.1) is 7.11 Å². The maximum Gasteiger partial charge on any atom is 0.351 e. The molecule has 0 atom stereocenters. The van der Waals surface area contributed by atoms with Gasteiger partial charge in [-0.05, 0) is 11.8 Å². The van der Waals surface area contributed by atoms with Crippen LogP contribution in [0.3, 0.4) is 0 Å². The lowest BCUT2D eigenvalue weighted by Gasteiger charge is -1.94. The van der Waals surface area contributed by atoms with Crippen molar-refractivity contribution in [2.45, 2.75) is 9.50 Å². The summed E-state index contributed by atoms with van der Waals surface area (Å²) in [6, 6.07) is 0. The average Bonchev–Trinajstić information content (AvgIpc) is 2.86. The van der Waals surface area contributed by atoms with Crippen LogP contribution < -0.4 is 0 Å².